The first-order chi connectivity index (χ1) is 7.33. The first-order valence-electron chi connectivity index (χ1n) is 4.85. The highest BCUT2D eigenvalue weighted by molar-refractivity contribution is 5.22. The molecule has 1 rings (SSSR count). The monoisotopic (exact) mass is 201 g/mol. The van der Waals surface area contributed by atoms with Crippen molar-refractivity contribution < 1.29 is 4.74 Å². The summed E-state index contributed by atoms with van der Waals surface area (Å²) in [6, 6.07) is 3.62. The molecule has 0 bridgehead atoms. The highest BCUT2D eigenvalue weighted by Gasteiger charge is 1.85. The Kier molecular flexibility index (Phi) is 4.95. The smallest absolute Gasteiger partial charge is 0.129 e. The summed E-state index contributed by atoms with van der Waals surface area (Å²) in [5, 5.41) is 0. The third-order valence-corrected chi connectivity index (χ3v) is 1.72. The molecule has 0 atom stereocenters. The Morgan fingerprint density at radius 1 is 1.33 bits per heavy atom. The first kappa shape index (κ1) is 11.2. The number of hydrogen-bond donors (Lipinski definition) is 0. The number of allylic oxidation sites excluding steroid dienone is 5. The van der Waals surface area contributed by atoms with Crippen molar-refractivity contribution in [2.24, 2.45) is 0 Å². The molecule has 0 unspecified atom stereocenters. The highest BCUT2D eigenvalue weighted by atomic mass is 16.5. The SMILES string of the molecule is C\C=C/C(C)=C\C=C\Oc1ccncc1. The van der Waals surface area contributed by atoms with Gasteiger partial charge in [0.1, 0.15) is 5.75 Å². The zero-order valence-corrected chi connectivity index (χ0v) is 9.05. The number of pyridine rings is 1. The second kappa shape index (κ2) is 6.60. The van der Waals surface area contributed by atoms with Crippen molar-refractivity contribution in [3.05, 3.63) is 60.7 Å². The maximum Gasteiger partial charge on any atom is 0.129 e. The van der Waals surface area contributed by atoms with Crippen LogP contribution in [-0.2, 0) is 0 Å². The van der Waals surface area contributed by atoms with Gasteiger partial charge < -0.3 is 4.74 Å². The van der Waals surface area contributed by atoms with E-state index < -0.39 is 0 Å². The van der Waals surface area contributed by atoms with Gasteiger partial charge in [0.05, 0.1) is 6.26 Å². The predicted octanol–water partition coefficient (Wildman–Crippen LogP) is 3.50. The molecule has 0 N–H and O–H groups in total. The summed E-state index contributed by atoms with van der Waals surface area (Å²) in [4.78, 5) is 3.90. The molecule has 2 heteroatoms. The van der Waals surface area contributed by atoms with Gasteiger partial charge in [0.2, 0.25) is 0 Å². The van der Waals surface area contributed by atoms with E-state index in [1.165, 1.54) is 5.57 Å². The van der Waals surface area contributed by atoms with Crippen LogP contribution in [0.2, 0.25) is 0 Å². The number of aromatic nitrogens is 1. The van der Waals surface area contributed by atoms with Crippen molar-refractivity contribution in [2.75, 3.05) is 0 Å². The molecule has 15 heavy (non-hydrogen) atoms. The van der Waals surface area contributed by atoms with Crippen LogP contribution >= 0.6 is 0 Å². The first-order valence-corrected chi connectivity index (χ1v) is 4.85. The van der Waals surface area contributed by atoms with Crippen molar-refractivity contribution in [3.63, 3.8) is 0 Å². The second-order valence-corrected chi connectivity index (χ2v) is 3.04. The number of ether oxygens (including phenoxy) is 1. The van der Waals surface area contributed by atoms with Crippen molar-refractivity contribution in [3.8, 4) is 5.75 Å². The average molecular weight is 201 g/mol. The number of rotatable bonds is 4. The van der Waals surface area contributed by atoms with Crippen LogP contribution < -0.4 is 4.74 Å². The van der Waals surface area contributed by atoms with Crippen LogP contribution in [0.5, 0.6) is 5.75 Å². The molecule has 1 aromatic heterocycles. The molecule has 0 spiro atoms. The van der Waals surface area contributed by atoms with Gasteiger partial charge in [-0.05, 0) is 32.1 Å². The zero-order chi connectivity index (χ0) is 10.9. The molecule has 0 radical (unpaired) electrons. The van der Waals surface area contributed by atoms with Crippen LogP contribution in [0.15, 0.2) is 60.7 Å². The summed E-state index contributed by atoms with van der Waals surface area (Å²) in [5.41, 5.74) is 1.19. The van der Waals surface area contributed by atoms with E-state index in [1.807, 2.05) is 50.3 Å². The Labute approximate surface area is 90.6 Å². The van der Waals surface area contributed by atoms with E-state index in [0.29, 0.717) is 0 Å². The normalized spacial score (nSPS) is 12.5. The molecule has 0 aliphatic heterocycles. The van der Waals surface area contributed by atoms with E-state index in [2.05, 4.69) is 4.98 Å². The minimum Gasteiger partial charge on any atom is -0.465 e. The largest absolute Gasteiger partial charge is 0.465 e. The predicted molar refractivity (Wildman–Crippen MR) is 62.6 cm³/mol. The molecule has 1 heterocycles. The summed E-state index contributed by atoms with van der Waals surface area (Å²) in [6.45, 7) is 4.03. The average Bonchev–Trinajstić information content (AvgIpc) is 2.26. The Morgan fingerprint density at radius 2 is 2.07 bits per heavy atom. The van der Waals surface area contributed by atoms with Gasteiger partial charge in [0.25, 0.3) is 0 Å². The third kappa shape index (κ3) is 4.81. The van der Waals surface area contributed by atoms with Crippen LogP contribution in [0.3, 0.4) is 0 Å². The van der Waals surface area contributed by atoms with Crippen molar-refractivity contribution in [1.82, 2.24) is 4.98 Å². The standard InChI is InChI=1S/C13H15NO/c1-3-5-12(2)6-4-11-15-13-7-9-14-10-8-13/h3-11H,1-2H3/b5-3-,11-4+,12-6-. The third-order valence-electron chi connectivity index (χ3n) is 1.72. The van der Waals surface area contributed by atoms with E-state index in [-0.39, 0.29) is 0 Å². The Bertz CT molecular complexity index is 363. The second-order valence-electron chi connectivity index (χ2n) is 3.04. The molecule has 0 fully saturated rings. The van der Waals surface area contributed by atoms with Crippen LogP contribution in [0.1, 0.15) is 13.8 Å². The molecule has 0 aromatic carbocycles. The minimum absolute atomic E-state index is 0.790. The lowest BCUT2D eigenvalue weighted by Gasteiger charge is -1.96. The Morgan fingerprint density at radius 3 is 2.73 bits per heavy atom. The lowest BCUT2D eigenvalue weighted by molar-refractivity contribution is 0.480. The molecular weight excluding hydrogens is 186 g/mol. The van der Waals surface area contributed by atoms with E-state index in [0.717, 1.165) is 5.75 Å². The van der Waals surface area contributed by atoms with Crippen molar-refractivity contribution in [1.29, 1.82) is 0 Å². The van der Waals surface area contributed by atoms with Crippen molar-refractivity contribution in [2.45, 2.75) is 13.8 Å². The quantitative estimate of drug-likeness (QED) is 0.549. The fraction of sp³-hybridized carbons (Fsp3) is 0.154. The topological polar surface area (TPSA) is 22.1 Å². The van der Waals surface area contributed by atoms with Gasteiger partial charge in [-0.25, -0.2) is 0 Å². The van der Waals surface area contributed by atoms with E-state index >= 15 is 0 Å². The lowest BCUT2D eigenvalue weighted by Crippen LogP contribution is -1.80. The summed E-state index contributed by atoms with van der Waals surface area (Å²) >= 11 is 0. The zero-order valence-electron chi connectivity index (χ0n) is 9.05. The van der Waals surface area contributed by atoms with Gasteiger partial charge in [-0.15, -0.1) is 0 Å². The summed E-state index contributed by atoms with van der Waals surface area (Å²) in [6.07, 6.45) is 13.0. The molecule has 0 saturated carbocycles. The van der Waals surface area contributed by atoms with Gasteiger partial charge in [-0.3, -0.25) is 4.98 Å². The van der Waals surface area contributed by atoms with Gasteiger partial charge in [0.15, 0.2) is 0 Å². The number of hydrogen-bond acceptors (Lipinski definition) is 2. The molecule has 1 aromatic rings. The van der Waals surface area contributed by atoms with E-state index in [1.54, 1.807) is 18.7 Å². The van der Waals surface area contributed by atoms with E-state index in [4.69, 9.17) is 4.74 Å². The Hall–Kier alpha value is -1.83. The maximum absolute atomic E-state index is 5.35. The minimum atomic E-state index is 0.790. The van der Waals surface area contributed by atoms with Crippen LogP contribution in [-0.4, -0.2) is 4.98 Å². The molecule has 78 valence electrons. The van der Waals surface area contributed by atoms with Gasteiger partial charge in [-0.1, -0.05) is 23.8 Å². The molecular formula is C13H15NO. The lowest BCUT2D eigenvalue weighted by atomic mass is 10.2. The Balaban J connectivity index is 2.44. The molecule has 0 amide bonds. The molecule has 2 nitrogen and oxygen atoms in total. The summed E-state index contributed by atoms with van der Waals surface area (Å²) < 4.78 is 5.35. The fourth-order valence-electron chi connectivity index (χ4n) is 1.04. The van der Waals surface area contributed by atoms with Crippen molar-refractivity contribution >= 4 is 0 Å². The number of nitrogens with zero attached hydrogens (tertiary/aromatic N) is 1. The van der Waals surface area contributed by atoms with Crippen LogP contribution in [0.25, 0.3) is 0 Å². The molecule has 0 saturated heterocycles. The maximum atomic E-state index is 5.35. The van der Waals surface area contributed by atoms with Crippen LogP contribution in [0.4, 0.5) is 0 Å². The van der Waals surface area contributed by atoms with Gasteiger partial charge in [-0.2, -0.15) is 0 Å². The molecule has 0 aliphatic carbocycles. The van der Waals surface area contributed by atoms with Gasteiger partial charge >= 0.3 is 0 Å². The van der Waals surface area contributed by atoms with E-state index in [9.17, 15) is 0 Å². The van der Waals surface area contributed by atoms with Gasteiger partial charge in [0, 0.05) is 12.4 Å². The van der Waals surface area contributed by atoms with Crippen LogP contribution in [0, 0.1) is 0 Å². The molecule has 0 aliphatic rings. The fourth-order valence-corrected chi connectivity index (χ4v) is 1.04. The summed E-state index contributed by atoms with van der Waals surface area (Å²) in [5.74, 6) is 0.790. The summed E-state index contributed by atoms with van der Waals surface area (Å²) in [7, 11) is 0. The highest BCUT2D eigenvalue weighted by Crippen LogP contribution is 2.06.